The van der Waals surface area contributed by atoms with E-state index in [1.807, 2.05) is 0 Å². The average molecular weight is 336 g/mol. The number of amides is 1. The van der Waals surface area contributed by atoms with E-state index >= 15 is 0 Å². The molecular formula is C20H37N3O. The second-order valence-corrected chi connectivity index (χ2v) is 8.56. The van der Waals surface area contributed by atoms with Gasteiger partial charge in [0.2, 0.25) is 5.91 Å². The van der Waals surface area contributed by atoms with Gasteiger partial charge < -0.3 is 15.1 Å². The van der Waals surface area contributed by atoms with Crippen LogP contribution in [-0.4, -0.2) is 61.5 Å². The number of carbonyl (C=O) groups is 1. The smallest absolute Gasteiger partial charge is 0.222 e. The number of rotatable bonds is 5. The summed E-state index contributed by atoms with van der Waals surface area (Å²) in [5, 5.41) is 3.41. The van der Waals surface area contributed by atoms with E-state index in [2.05, 4.69) is 22.0 Å². The Balaban J connectivity index is 1.38. The van der Waals surface area contributed by atoms with E-state index in [4.69, 9.17) is 0 Å². The fourth-order valence-electron chi connectivity index (χ4n) is 4.71. The molecule has 3 rings (SSSR count). The summed E-state index contributed by atoms with van der Waals surface area (Å²) in [6.45, 7) is 10.4. The molecule has 1 unspecified atom stereocenters. The van der Waals surface area contributed by atoms with Crippen molar-refractivity contribution in [3.8, 4) is 0 Å². The lowest BCUT2D eigenvalue weighted by atomic mass is 9.92. The molecule has 3 fully saturated rings. The number of hydrogen-bond donors (Lipinski definition) is 1. The van der Waals surface area contributed by atoms with Gasteiger partial charge in [-0.1, -0.05) is 6.92 Å². The van der Waals surface area contributed by atoms with Crippen molar-refractivity contribution in [2.24, 2.45) is 17.8 Å². The van der Waals surface area contributed by atoms with Gasteiger partial charge in [-0.3, -0.25) is 4.79 Å². The monoisotopic (exact) mass is 335 g/mol. The second-order valence-electron chi connectivity index (χ2n) is 8.56. The van der Waals surface area contributed by atoms with Crippen LogP contribution in [0.25, 0.3) is 0 Å². The highest BCUT2D eigenvalue weighted by atomic mass is 16.2. The Morgan fingerprint density at radius 3 is 2.50 bits per heavy atom. The minimum atomic E-state index is 0.422. The minimum absolute atomic E-state index is 0.422. The van der Waals surface area contributed by atoms with Crippen LogP contribution in [0.5, 0.6) is 0 Å². The van der Waals surface area contributed by atoms with Crippen molar-refractivity contribution < 1.29 is 4.79 Å². The summed E-state index contributed by atoms with van der Waals surface area (Å²) < 4.78 is 0. The van der Waals surface area contributed by atoms with E-state index in [0.717, 1.165) is 50.9 Å². The molecular weight excluding hydrogens is 298 g/mol. The van der Waals surface area contributed by atoms with Gasteiger partial charge in [0.15, 0.2) is 0 Å². The third-order valence-electron chi connectivity index (χ3n) is 6.49. The Hall–Kier alpha value is -0.610. The van der Waals surface area contributed by atoms with Crippen molar-refractivity contribution in [3.05, 3.63) is 0 Å². The Labute approximate surface area is 148 Å². The van der Waals surface area contributed by atoms with Crippen LogP contribution in [0.3, 0.4) is 0 Å². The molecule has 0 saturated carbocycles. The summed E-state index contributed by atoms with van der Waals surface area (Å²) in [5.74, 6) is 2.80. The fourth-order valence-corrected chi connectivity index (χ4v) is 4.71. The van der Waals surface area contributed by atoms with Crippen LogP contribution in [-0.2, 0) is 4.79 Å². The topological polar surface area (TPSA) is 35.6 Å². The van der Waals surface area contributed by atoms with Crippen LogP contribution >= 0.6 is 0 Å². The van der Waals surface area contributed by atoms with E-state index in [1.54, 1.807) is 0 Å². The van der Waals surface area contributed by atoms with Gasteiger partial charge in [0.1, 0.15) is 0 Å². The highest BCUT2D eigenvalue weighted by molar-refractivity contribution is 5.76. The first kappa shape index (κ1) is 18.2. The minimum Gasteiger partial charge on any atom is -0.342 e. The van der Waals surface area contributed by atoms with Crippen LogP contribution in [0.4, 0.5) is 0 Å². The molecule has 4 nitrogen and oxygen atoms in total. The molecule has 0 aliphatic carbocycles. The molecule has 3 heterocycles. The highest BCUT2D eigenvalue weighted by Gasteiger charge is 2.26. The van der Waals surface area contributed by atoms with Crippen molar-refractivity contribution in [2.45, 2.75) is 58.3 Å². The van der Waals surface area contributed by atoms with Crippen molar-refractivity contribution in [2.75, 3.05) is 45.8 Å². The molecule has 0 radical (unpaired) electrons. The number of hydrogen-bond acceptors (Lipinski definition) is 3. The molecule has 0 aromatic rings. The first-order valence-corrected chi connectivity index (χ1v) is 10.4. The van der Waals surface area contributed by atoms with E-state index < -0.39 is 0 Å². The molecule has 0 aromatic carbocycles. The second kappa shape index (κ2) is 9.19. The van der Waals surface area contributed by atoms with Crippen molar-refractivity contribution in [3.63, 3.8) is 0 Å². The Bertz CT molecular complexity index is 386. The lowest BCUT2D eigenvalue weighted by Crippen LogP contribution is -2.45. The summed E-state index contributed by atoms with van der Waals surface area (Å²) in [4.78, 5) is 17.4. The molecule has 0 spiro atoms. The molecule has 1 N–H and O–H groups in total. The van der Waals surface area contributed by atoms with Gasteiger partial charge in [-0.05, 0) is 88.9 Å². The van der Waals surface area contributed by atoms with Crippen LogP contribution in [0.2, 0.25) is 0 Å². The summed E-state index contributed by atoms with van der Waals surface area (Å²) in [7, 11) is 0. The summed E-state index contributed by atoms with van der Waals surface area (Å²) >= 11 is 0. The standard InChI is InChI=1S/C20H37N3O/c1-17-8-13-22(14-9-17)15-19-3-2-12-23(16-19)20(24)5-4-18-6-10-21-11-7-18/h17-19,21H,2-16H2,1H3. The predicted molar refractivity (Wildman–Crippen MR) is 99.0 cm³/mol. The average Bonchev–Trinajstić information content (AvgIpc) is 2.63. The largest absolute Gasteiger partial charge is 0.342 e. The lowest BCUT2D eigenvalue weighted by molar-refractivity contribution is -0.133. The number of carbonyl (C=O) groups excluding carboxylic acids is 1. The third-order valence-corrected chi connectivity index (χ3v) is 6.49. The van der Waals surface area contributed by atoms with E-state index in [1.165, 1.54) is 58.2 Å². The third kappa shape index (κ3) is 5.45. The number of likely N-dealkylation sites (tertiary alicyclic amines) is 2. The SMILES string of the molecule is CC1CCN(CC2CCCN(C(=O)CCC3CCNCC3)C2)CC1. The zero-order chi connectivity index (χ0) is 16.8. The summed E-state index contributed by atoms with van der Waals surface area (Å²) in [5.41, 5.74) is 0. The van der Waals surface area contributed by atoms with Gasteiger partial charge in [0, 0.05) is 26.1 Å². The number of piperidine rings is 3. The van der Waals surface area contributed by atoms with Gasteiger partial charge in [0.05, 0.1) is 0 Å². The maximum Gasteiger partial charge on any atom is 0.222 e. The quantitative estimate of drug-likeness (QED) is 0.839. The summed E-state index contributed by atoms with van der Waals surface area (Å²) in [6.07, 6.45) is 9.60. The Morgan fingerprint density at radius 2 is 1.75 bits per heavy atom. The van der Waals surface area contributed by atoms with Gasteiger partial charge in [-0.15, -0.1) is 0 Å². The van der Waals surface area contributed by atoms with E-state index in [9.17, 15) is 4.79 Å². The summed E-state index contributed by atoms with van der Waals surface area (Å²) in [6, 6.07) is 0. The normalized spacial score (nSPS) is 28.2. The molecule has 0 bridgehead atoms. The predicted octanol–water partition coefficient (Wildman–Crippen LogP) is 2.74. The maximum atomic E-state index is 12.6. The molecule has 1 atom stereocenters. The van der Waals surface area contributed by atoms with Gasteiger partial charge >= 0.3 is 0 Å². The number of nitrogens with zero attached hydrogens (tertiary/aromatic N) is 2. The number of nitrogens with one attached hydrogen (secondary N) is 1. The molecule has 3 saturated heterocycles. The molecule has 4 heteroatoms. The molecule has 3 aliphatic heterocycles. The van der Waals surface area contributed by atoms with E-state index in [-0.39, 0.29) is 0 Å². The first-order valence-electron chi connectivity index (χ1n) is 10.4. The lowest BCUT2D eigenvalue weighted by Gasteiger charge is -2.38. The molecule has 138 valence electrons. The van der Waals surface area contributed by atoms with Crippen LogP contribution in [0.15, 0.2) is 0 Å². The van der Waals surface area contributed by atoms with Crippen LogP contribution < -0.4 is 5.32 Å². The molecule has 0 aromatic heterocycles. The first-order chi connectivity index (χ1) is 11.7. The van der Waals surface area contributed by atoms with Gasteiger partial charge in [0.25, 0.3) is 0 Å². The van der Waals surface area contributed by atoms with Crippen LogP contribution in [0, 0.1) is 17.8 Å². The van der Waals surface area contributed by atoms with Crippen molar-refractivity contribution in [1.82, 2.24) is 15.1 Å². The molecule has 24 heavy (non-hydrogen) atoms. The zero-order valence-electron chi connectivity index (χ0n) is 15.6. The fraction of sp³-hybridized carbons (Fsp3) is 0.950. The molecule has 3 aliphatic rings. The zero-order valence-corrected chi connectivity index (χ0v) is 15.6. The van der Waals surface area contributed by atoms with Gasteiger partial charge in [-0.2, -0.15) is 0 Å². The Kier molecular flexibility index (Phi) is 6.96. The van der Waals surface area contributed by atoms with Crippen LogP contribution in [0.1, 0.15) is 58.3 Å². The van der Waals surface area contributed by atoms with Crippen molar-refractivity contribution >= 4 is 5.91 Å². The maximum absolute atomic E-state index is 12.6. The highest BCUT2D eigenvalue weighted by Crippen LogP contribution is 2.23. The molecule has 1 amide bonds. The van der Waals surface area contributed by atoms with Crippen molar-refractivity contribution in [1.29, 1.82) is 0 Å². The van der Waals surface area contributed by atoms with E-state index in [0.29, 0.717) is 11.8 Å². The Morgan fingerprint density at radius 1 is 1.00 bits per heavy atom. The van der Waals surface area contributed by atoms with Gasteiger partial charge in [-0.25, -0.2) is 0 Å².